The second kappa shape index (κ2) is 12.6. The predicted molar refractivity (Wildman–Crippen MR) is 160 cm³/mol. The summed E-state index contributed by atoms with van der Waals surface area (Å²) in [5.41, 5.74) is 2.31. The summed E-state index contributed by atoms with van der Waals surface area (Å²) >= 11 is 1.64. The van der Waals surface area contributed by atoms with Gasteiger partial charge in [-0.15, -0.1) is 11.3 Å². The molecule has 222 valence electrons. The van der Waals surface area contributed by atoms with Gasteiger partial charge in [-0.05, 0) is 45.5 Å². The standard InChI is InChI=1S/C30H42N6O4S/c1-18(2)14-23(29(39)36-15-22(19(3)31-4)27-26(36)25(37)16-40-27)32-28(38)21-8-6-20(7-9-21)24-17-41-30(33-24)35-12-10-34(5)11-13-35/h6-9,17-19,22-23,26-27,31H,10-16H2,1-5H3,(H,32,38)/t19?,22-,23-,26?,27?/m0/s1. The van der Waals surface area contributed by atoms with E-state index in [2.05, 4.69) is 32.9 Å². The SMILES string of the molecule is CNC(C)[C@@H]1CN(C(=O)[C@H](CC(C)C)NC(=O)c2ccc(-c3csc(N4CCN(C)CC4)n3)cc2)C2C(=O)COC21. The number of carbonyl (C=O) groups is 3. The first kappa shape index (κ1) is 29.6. The number of likely N-dealkylation sites (N-methyl/N-ethyl adjacent to an activating group) is 1. The molecule has 3 unspecified atom stereocenters. The van der Waals surface area contributed by atoms with Crippen LogP contribution in [0.1, 0.15) is 37.6 Å². The topological polar surface area (TPSA) is 107 Å². The average molecular weight is 583 g/mol. The van der Waals surface area contributed by atoms with E-state index in [0.29, 0.717) is 18.5 Å². The molecular formula is C30H42N6O4S. The van der Waals surface area contributed by atoms with Crippen molar-refractivity contribution in [3.8, 4) is 11.3 Å². The summed E-state index contributed by atoms with van der Waals surface area (Å²) in [6, 6.07) is 6.12. The Labute approximate surface area is 246 Å². The first-order valence-corrected chi connectivity index (χ1v) is 15.5. The third-order valence-corrected chi connectivity index (χ3v) is 9.53. The minimum Gasteiger partial charge on any atom is -0.367 e. The number of hydrogen-bond acceptors (Lipinski definition) is 9. The number of piperazine rings is 1. The molecule has 3 aliphatic rings. The van der Waals surface area contributed by atoms with Crippen molar-refractivity contribution in [2.45, 2.75) is 51.4 Å². The van der Waals surface area contributed by atoms with Crippen molar-refractivity contribution in [2.24, 2.45) is 11.8 Å². The fourth-order valence-corrected chi connectivity index (χ4v) is 6.93. The summed E-state index contributed by atoms with van der Waals surface area (Å²) < 4.78 is 5.82. The number of nitrogens with one attached hydrogen (secondary N) is 2. The van der Waals surface area contributed by atoms with Crippen LogP contribution >= 0.6 is 11.3 Å². The Morgan fingerprint density at radius 1 is 1.12 bits per heavy atom. The maximum Gasteiger partial charge on any atom is 0.251 e. The molecule has 2 N–H and O–H groups in total. The molecule has 3 saturated heterocycles. The predicted octanol–water partition coefficient (Wildman–Crippen LogP) is 2.11. The van der Waals surface area contributed by atoms with Crippen LogP contribution in [-0.2, 0) is 14.3 Å². The monoisotopic (exact) mass is 582 g/mol. The van der Waals surface area contributed by atoms with Crippen LogP contribution in [0.4, 0.5) is 5.13 Å². The largest absolute Gasteiger partial charge is 0.367 e. The van der Waals surface area contributed by atoms with E-state index in [-0.39, 0.29) is 48.2 Å². The zero-order valence-corrected chi connectivity index (χ0v) is 25.4. The Bertz CT molecular complexity index is 1240. The summed E-state index contributed by atoms with van der Waals surface area (Å²) in [7, 11) is 4.01. The number of aromatic nitrogens is 1. The normalized spacial score (nSPS) is 24.5. The molecule has 41 heavy (non-hydrogen) atoms. The number of amides is 2. The zero-order chi connectivity index (χ0) is 29.3. The number of ketones is 1. The van der Waals surface area contributed by atoms with Gasteiger partial charge in [-0.25, -0.2) is 4.98 Å². The van der Waals surface area contributed by atoms with Gasteiger partial charge in [-0.3, -0.25) is 14.4 Å². The number of benzene rings is 1. The number of likely N-dealkylation sites (tertiary alicyclic amines) is 1. The van der Waals surface area contributed by atoms with Gasteiger partial charge in [0.2, 0.25) is 5.91 Å². The highest BCUT2D eigenvalue weighted by molar-refractivity contribution is 7.14. The van der Waals surface area contributed by atoms with Gasteiger partial charge in [0.05, 0.1) is 11.8 Å². The lowest BCUT2D eigenvalue weighted by molar-refractivity contribution is -0.138. The minimum atomic E-state index is -0.732. The molecule has 0 aliphatic carbocycles. The summed E-state index contributed by atoms with van der Waals surface area (Å²) in [5, 5.41) is 9.29. The second-order valence-corrected chi connectivity index (χ2v) is 12.8. The summed E-state index contributed by atoms with van der Waals surface area (Å²) in [6.45, 7) is 10.5. The zero-order valence-electron chi connectivity index (χ0n) is 24.6. The number of Topliss-reactive ketones (excluding diaryl/α,β-unsaturated/α-hetero) is 1. The number of fused-ring (bicyclic) bond motifs is 1. The number of ether oxygens (including phenoxy) is 1. The number of nitrogens with zero attached hydrogens (tertiary/aromatic N) is 4. The first-order chi connectivity index (χ1) is 19.7. The molecule has 0 radical (unpaired) electrons. The van der Waals surface area contributed by atoms with Crippen molar-refractivity contribution in [2.75, 3.05) is 58.3 Å². The van der Waals surface area contributed by atoms with Gasteiger partial charge in [-0.2, -0.15) is 0 Å². The number of anilines is 1. The van der Waals surface area contributed by atoms with Gasteiger partial charge in [0.15, 0.2) is 10.9 Å². The molecule has 3 aliphatic heterocycles. The van der Waals surface area contributed by atoms with E-state index in [4.69, 9.17) is 9.72 Å². The fourth-order valence-electron chi connectivity index (χ4n) is 6.04. The van der Waals surface area contributed by atoms with E-state index < -0.39 is 12.1 Å². The van der Waals surface area contributed by atoms with Crippen molar-refractivity contribution in [1.29, 1.82) is 0 Å². The lowest BCUT2D eigenvalue weighted by Gasteiger charge is -2.32. The van der Waals surface area contributed by atoms with Crippen molar-refractivity contribution in [1.82, 2.24) is 25.4 Å². The highest BCUT2D eigenvalue weighted by atomic mass is 32.1. The highest BCUT2D eigenvalue weighted by Crippen LogP contribution is 2.34. The minimum absolute atomic E-state index is 0.00540. The Balaban J connectivity index is 1.27. The molecule has 1 aromatic carbocycles. The summed E-state index contributed by atoms with van der Waals surface area (Å²) in [6.07, 6.45) is 0.158. The van der Waals surface area contributed by atoms with E-state index >= 15 is 0 Å². The molecule has 10 nitrogen and oxygen atoms in total. The Kier molecular flexibility index (Phi) is 9.08. The van der Waals surface area contributed by atoms with E-state index in [1.807, 2.05) is 40.0 Å². The maximum absolute atomic E-state index is 13.9. The van der Waals surface area contributed by atoms with E-state index in [1.165, 1.54) is 0 Å². The smallest absolute Gasteiger partial charge is 0.251 e. The maximum atomic E-state index is 13.9. The molecule has 0 saturated carbocycles. The van der Waals surface area contributed by atoms with Crippen molar-refractivity contribution < 1.29 is 19.1 Å². The molecular weight excluding hydrogens is 540 g/mol. The Morgan fingerprint density at radius 2 is 1.83 bits per heavy atom. The van der Waals surface area contributed by atoms with Crippen LogP contribution in [0.3, 0.4) is 0 Å². The van der Waals surface area contributed by atoms with Crippen molar-refractivity contribution in [3.63, 3.8) is 0 Å². The van der Waals surface area contributed by atoms with Crippen LogP contribution in [0.25, 0.3) is 11.3 Å². The van der Waals surface area contributed by atoms with Gasteiger partial charge >= 0.3 is 0 Å². The lowest BCUT2D eigenvalue weighted by atomic mass is 9.95. The van der Waals surface area contributed by atoms with Gasteiger partial charge in [0.25, 0.3) is 5.91 Å². The van der Waals surface area contributed by atoms with Crippen LogP contribution in [0.5, 0.6) is 0 Å². The molecule has 0 bridgehead atoms. The quantitative estimate of drug-likeness (QED) is 0.463. The van der Waals surface area contributed by atoms with Crippen LogP contribution in [0.2, 0.25) is 0 Å². The average Bonchev–Trinajstić information content (AvgIpc) is 3.69. The van der Waals surface area contributed by atoms with Gasteiger partial charge in [-0.1, -0.05) is 26.0 Å². The van der Waals surface area contributed by atoms with Crippen LogP contribution in [0, 0.1) is 11.8 Å². The molecule has 2 amide bonds. The van der Waals surface area contributed by atoms with Crippen LogP contribution < -0.4 is 15.5 Å². The molecule has 11 heteroatoms. The molecule has 0 spiro atoms. The lowest BCUT2D eigenvalue weighted by Crippen LogP contribution is -2.52. The molecule has 3 fully saturated rings. The Hall–Kier alpha value is -2.86. The number of hydrogen-bond donors (Lipinski definition) is 2. The number of carbonyl (C=O) groups excluding carboxylic acids is 3. The Morgan fingerprint density at radius 3 is 2.49 bits per heavy atom. The molecule has 4 heterocycles. The summed E-state index contributed by atoms with van der Waals surface area (Å²) in [4.78, 5) is 51.1. The van der Waals surface area contributed by atoms with E-state index in [9.17, 15) is 14.4 Å². The van der Waals surface area contributed by atoms with E-state index in [0.717, 1.165) is 42.6 Å². The molecule has 1 aromatic heterocycles. The summed E-state index contributed by atoms with van der Waals surface area (Å²) in [5.74, 6) is -0.422. The van der Waals surface area contributed by atoms with Crippen LogP contribution in [0.15, 0.2) is 29.6 Å². The van der Waals surface area contributed by atoms with Crippen molar-refractivity contribution >= 4 is 34.1 Å². The molecule has 2 aromatic rings. The van der Waals surface area contributed by atoms with E-state index in [1.54, 1.807) is 28.4 Å². The first-order valence-electron chi connectivity index (χ1n) is 14.6. The third-order valence-electron chi connectivity index (χ3n) is 8.62. The van der Waals surface area contributed by atoms with Gasteiger partial charge in [0, 0.05) is 61.2 Å². The van der Waals surface area contributed by atoms with Crippen molar-refractivity contribution in [3.05, 3.63) is 35.2 Å². The highest BCUT2D eigenvalue weighted by Gasteiger charge is 2.54. The van der Waals surface area contributed by atoms with Crippen LogP contribution in [-0.4, -0.2) is 110 Å². The number of thiazole rings is 1. The van der Waals surface area contributed by atoms with Gasteiger partial charge in [0.1, 0.15) is 18.7 Å². The van der Waals surface area contributed by atoms with Gasteiger partial charge < -0.3 is 30.1 Å². The second-order valence-electron chi connectivity index (χ2n) is 12.0. The number of rotatable bonds is 9. The molecule has 5 atom stereocenters. The third kappa shape index (κ3) is 6.33. The fraction of sp³-hybridized carbons (Fsp3) is 0.600. The molecule has 5 rings (SSSR count).